The first-order chi connectivity index (χ1) is 13.2. The predicted molar refractivity (Wildman–Crippen MR) is 111 cm³/mol. The summed E-state index contributed by atoms with van der Waals surface area (Å²) < 4.78 is 5.30. The van der Waals surface area contributed by atoms with Crippen LogP contribution in [0.3, 0.4) is 0 Å². The maximum absolute atomic E-state index is 12.8. The van der Waals surface area contributed by atoms with Gasteiger partial charge in [-0.05, 0) is 45.2 Å². The second-order valence-corrected chi connectivity index (χ2v) is 8.06. The van der Waals surface area contributed by atoms with Crippen molar-refractivity contribution in [3.63, 3.8) is 0 Å². The lowest BCUT2D eigenvalue weighted by molar-refractivity contribution is -0.122. The molecule has 6 heteroatoms. The average molecular weight is 386 g/mol. The smallest absolute Gasteiger partial charge is 0.407 e. The van der Waals surface area contributed by atoms with Crippen LogP contribution in [-0.2, 0) is 16.0 Å². The van der Waals surface area contributed by atoms with Crippen molar-refractivity contribution < 1.29 is 14.3 Å². The van der Waals surface area contributed by atoms with E-state index in [1.165, 1.54) is 0 Å². The van der Waals surface area contributed by atoms with Crippen LogP contribution in [0, 0.1) is 0 Å². The molecule has 6 nitrogen and oxygen atoms in total. The number of aromatic nitrogens is 1. The molecule has 0 atom stereocenters. The Morgan fingerprint density at radius 2 is 1.75 bits per heavy atom. The molecule has 2 N–H and O–H groups in total. The second-order valence-electron chi connectivity index (χ2n) is 8.06. The SMILES string of the molecule is CCC(CC)(CNC(=O)OC(C)(C)C)NC(=O)Cc1cccc2cccnc12. The molecule has 1 aromatic heterocycles. The molecule has 0 saturated carbocycles. The summed E-state index contributed by atoms with van der Waals surface area (Å²) in [5, 5.41) is 6.93. The van der Waals surface area contributed by atoms with Gasteiger partial charge >= 0.3 is 6.09 Å². The molecule has 0 fully saturated rings. The van der Waals surface area contributed by atoms with Gasteiger partial charge in [-0.1, -0.05) is 38.1 Å². The molecule has 0 unspecified atom stereocenters. The Morgan fingerprint density at radius 1 is 1.07 bits per heavy atom. The van der Waals surface area contributed by atoms with Crippen molar-refractivity contribution in [2.24, 2.45) is 0 Å². The summed E-state index contributed by atoms with van der Waals surface area (Å²) in [5.74, 6) is -0.0900. The van der Waals surface area contributed by atoms with Gasteiger partial charge in [0.2, 0.25) is 5.91 Å². The number of para-hydroxylation sites is 1. The summed E-state index contributed by atoms with van der Waals surface area (Å²) in [6.45, 7) is 9.77. The minimum atomic E-state index is -0.560. The molecule has 0 aliphatic rings. The van der Waals surface area contributed by atoms with Crippen molar-refractivity contribution in [3.05, 3.63) is 42.1 Å². The van der Waals surface area contributed by atoms with E-state index >= 15 is 0 Å². The third kappa shape index (κ3) is 5.94. The van der Waals surface area contributed by atoms with Crippen molar-refractivity contribution in [2.45, 2.75) is 65.0 Å². The highest BCUT2D eigenvalue weighted by atomic mass is 16.6. The molecule has 0 aliphatic heterocycles. The fraction of sp³-hybridized carbons (Fsp3) is 0.500. The number of carbonyl (C=O) groups excluding carboxylic acids is 2. The number of alkyl carbamates (subject to hydrolysis) is 1. The maximum atomic E-state index is 12.8. The van der Waals surface area contributed by atoms with Gasteiger partial charge in [-0.15, -0.1) is 0 Å². The fourth-order valence-corrected chi connectivity index (χ4v) is 3.10. The Bertz CT molecular complexity index is 818. The molecule has 0 radical (unpaired) electrons. The van der Waals surface area contributed by atoms with Gasteiger partial charge in [0.05, 0.1) is 17.5 Å². The number of pyridine rings is 1. The van der Waals surface area contributed by atoms with Gasteiger partial charge in [0.15, 0.2) is 0 Å². The van der Waals surface area contributed by atoms with Crippen LogP contribution in [0.15, 0.2) is 36.5 Å². The molecule has 2 amide bonds. The van der Waals surface area contributed by atoms with Crippen LogP contribution in [0.1, 0.15) is 53.0 Å². The third-order valence-corrected chi connectivity index (χ3v) is 4.80. The van der Waals surface area contributed by atoms with E-state index in [-0.39, 0.29) is 12.3 Å². The molecule has 0 bridgehead atoms. The zero-order chi connectivity index (χ0) is 20.8. The molecule has 0 saturated heterocycles. The van der Waals surface area contributed by atoms with Crippen LogP contribution in [0.5, 0.6) is 0 Å². The molecular weight excluding hydrogens is 354 g/mol. The first kappa shape index (κ1) is 21.7. The average Bonchev–Trinajstić information content (AvgIpc) is 2.64. The summed E-state index contributed by atoms with van der Waals surface area (Å²) >= 11 is 0. The Hall–Kier alpha value is -2.63. The standard InChI is InChI=1S/C22H31N3O3/c1-6-22(7-2,15-24-20(27)28-21(3,4)5)25-18(26)14-17-11-8-10-16-12-9-13-23-19(16)17/h8-13H,6-7,14-15H2,1-5H3,(H,24,27)(H,25,26). The topological polar surface area (TPSA) is 80.3 Å². The predicted octanol–water partition coefficient (Wildman–Crippen LogP) is 3.98. The van der Waals surface area contributed by atoms with Gasteiger partial charge in [0.1, 0.15) is 5.60 Å². The monoisotopic (exact) mass is 385 g/mol. The Balaban J connectivity index is 2.06. The summed E-state index contributed by atoms with van der Waals surface area (Å²) in [6, 6.07) is 9.71. The van der Waals surface area contributed by atoms with Crippen LogP contribution >= 0.6 is 0 Å². The van der Waals surface area contributed by atoms with E-state index in [0.717, 1.165) is 16.5 Å². The Kier molecular flexibility index (Phi) is 7.00. The number of nitrogens with one attached hydrogen (secondary N) is 2. The molecule has 2 aromatic rings. The van der Waals surface area contributed by atoms with E-state index in [2.05, 4.69) is 15.6 Å². The fourth-order valence-electron chi connectivity index (χ4n) is 3.10. The van der Waals surface area contributed by atoms with Crippen molar-refractivity contribution in [2.75, 3.05) is 6.54 Å². The molecule has 152 valence electrons. The van der Waals surface area contributed by atoms with E-state index in [9.17, 15) is 9.59 Å². The lowest BCUT2D eigenvalue weighted by Crippen LogP contribution is -2.55. The third-order valence-electron chi connectivity index (χ3n) is 4.80. The lowest BCUT2D eigenvalue weighted by atomic mass is 9.92. The molecule has 28 heavy (non-hydrogen) atoms. The zero-order valence-corrected chi connectivity index (χ0v) is 17.5. The van der Waals surface area contributed by atoms with E-state index in [1.54, 1.807) is 6.20 Å². The van der Waals surface area contributed by atoms with Gasteiger partial charge in [-0.25, -0.2) is 4.79 Å². The lowest BCUT2D eigenvalue weighted by Gasteiger charge is -2.33. The molecule has 1 heterocycles. The number of nitrogens with zero attached hydrogens (tertiary/aromatic N) is 1. The Morgan fingerprint density at radius 3 is 2.39 bits per heavy atom. The highest BCUT2D eigenvalue weighted by Gasteiger charge is 2.29. The van der Waals surface area contributed by atoms with Crippen LogP contribution in [0.25, 0.3) is 10.9 Å². The largest absolute Gasteiger partial charge is 0.444 e. The summed E-state index contributed by atoms with van der Waals surface area (Å²) in [4.78, 5) is 29.2. The van der Waals surface area contributed by atoms with Gasteiger partial charge in [-0.2, -0.15) is 0 Å². The Labute approximate surface area is 167 Å². The van der Waals surface area contributed by atoms with Crippen LogP contribution < -0.4 is 10.6 Å². The van der Waals surface area contributed by atoms with E-state index in [4.69, 9.17) is 4.74 Å². The van der Waals surface area contributed by atoms with Gasteiger partial charge in [-0.3, -0.25) is 9.78 Å². The number of benzene rings is 1. The number of hydrogen-bond donors (Lipinski definition) is 2. The number of carbonyl (C=O) groups is 2. The molecule has 0 aliphatic carbocycles. The number of fused-ring (bicyclic) bond motifs is 1. The minimum absolute atomic E-state index is 0.0900. The van der Waals surface area contributed by atoms with Crippen molar-refractivity contribution in [3.8, 4) is 0 Å². The van der Waals surface area contributed by atoms with Gasteiger partial charge in [0.25, 0.3) is 0 Å². The van der Waals surface area contributed by atoms with Gasteiger partial charge < -0.3 is 15.4 Å². The van der Waals surface area contributed by atoms with Crippen LogP contribution in [-0.4, -0.2) is 34.7 Å². The van der Waals surface area contributed by atoms with Crippen molar-refractivity contribution in [1.29, 1.82) is 0 Å². The zero-order valence-electron chi connectivity index (χ0n) is 17.5. The summed E-state index contributed by atoms with van der Waals surface area (Å²) in [7, 11) is 0. The van der Waals surface area contributed by atoms with Gasteiger partial charge in [0, 0.05) is 18.1 Å². The number of rotatable bonds is 7. The van der Waals surface area contributed by atoms with E-state index < -0.39 is 17.2 Å². The van der Waals surface area contributed by atoms with Crippen LogP contribution in [0.2, 0.25) is 0 Å². The number of hydrogen-bond acceptors (Lipinski definition) is 4. The second kappa shape index (κ2) is 9.04. The number of ether oxygens (including phenoxy) is 1. The number of amides is 2. The van der Waals surface area contributed by atoms with Crippen molar-refractivity contribution in [1.82, 2.24) is 15.6 Å². The first-order valence-electron chi connectivity index (χ1n) is 9.78. The minimum Gasteiger partial charge on any atom is -0.444 e. The highest BCUT2D eigenvalue weighted by molar-refractivity contribution is 5.87. The molecule has 2 rings (SSSR count). The van der Waals surface area contributed by atoms with Crippen molar-refractivity contribution >= 4 is 22.9 Å². The quantitative estimate of drug-likeness (QED) is 0.755. The summed E-state index contributed by atoms with van der Waals surface area (Å²) in [5.41, 5.74) is 0.643. The molecule has 1 aromatic carbocycles. The maximum Gasteiger partial charge on any atom is 0.407 e. The molecule has 0 spiro atoms. The first-order valence-corrected chi connectivity index (χ1v) is 9.78. The highest BCUT2D eigenvalue weighted by Crippen LogP contribution is 2.19. The normalized spacial score (nSPS) is 11.9. The summed E-state index contributed by atoms with van der Waals surface area (Å²) in [6.07, 6.45) is 2.88. The van der Waals surface area contributed by atoms with Crippen LogP contribution in [0.4, 0.5) is 4.79 Å². The van der Waals surface area contributed by atoms with E-state index in [1.807, 2.05) is 65.0 Å². The molecular formula is C22H31N3O3. The van der Waals surface area contributed by atoms with E-state index in [0.29, 0.717) is 19.4 Å².